The fourth-order valence-corrected chi connectivity index (χ4v) is 2.88. The second kappa shape index (κ2) is 7.36. The first-order chi connectivity index (χ1) is 11.6. The normalized spacial score (nSPS) is 14.7. The smallest absolute Gasteiger partial charge is 0.193 e. The van der Waals surface area contributed by atoms with E-state index >= 15 is 0 Å². The van der Waals surface area contributed by atoms with Gasteiger partial charge in [-0.3, -0.25) is 9.69 Å². The molecule has 0 atom stereocenters. The summed E-state index contributed by atoms with van der Waals surface area (Å²) < 4.78 is 5.75. The highest BCUT2D eigenvalue weighted by molar-refractivity contribution is 6.09. The van der Waals surface area contributed by atoms with Gasteiger partial charge in [0.05, 0.1) is 11.4 Å². The summed E-state index contributed by atoms with van der Waals surface area (Å²) >= 11 is 0. The Bertz CT molecular complexity index is 707. The summed E-state index contributed by atoms with van der Waals surface area (Å²) in [6.07, 6.45) is 2.57. The first kappa shape index (κ1) is 16.3. The number of ketones is 1. The summed E-state index contributed by atoms with van der Waals surface area (Å²) in [4.78, 5) is 14.9. The van der Waals surface area contributed by atoms with Crippen LogP contribution < -0.4 is 16.2 Å². The molecule has 126 valence electrons. The molecule has 1 aliphatic heterocycles. The van der Waals surface area contributed by atoms with E-state index < -0.39 is 0 Å². The second-order valence-electron chi connectivity index (χ2n) is 6.09. The van der Waals surface area contributed by atoms with E-state index in [4.69, 9.17) is 16.2 Å². The molecule has 5 nitrogen and oxygen atoms in total. The van der Waals surface area contributed by atoms with E-state index in [1.54, 1.807) is 30.3 Å². The molecule has 1 aliphatic rings. The average Bonchev–Trinajstić information content (AvgIpc) is 3.11. The molecule has 0 radical (unpaired) electrons. The molecule has 0 aromatic heterocycles. The fourth-order valence-electron chi connectivity index (χ4n) is 2.88. The molecule has 2 aromatic carbocycles. The Hall–Kier alpha value is -2.53. The number of carbonyl (C=O) groups excluding carboxylic acids is 1. The van der Waals surface area contributed by atoms with E-state index in [1.807, 2.05) is 12.1 Å². The summed E-state index contributed by atoms with van der Waals surface area (Å²) in [5.74, 6) is 0.702. The van der Waals surface area contributed by atoms with Gasteiger partial charge in [-0.25, -0.2) is 0 Å². The number of nitrogens with zero attached hydrogens (tertiary/aromatic N) is 1. The van der Waals surface area contributed by atoms with Gasteiger partial charge in [-0.15, -0.1) is 0 Å². The maximum absolute atomic E-state index is 12.5. The van der Waals surface area contributed by atoms with Crippen molar-refractivity contribution in [3.63, 3.8) is 0 Å². The van der Waals surface area contributed by atoms with Gasteiger partial charge in [0.1, 0.15) is 12.4 Å². The minimum Gasteiger partial charge on any atom is -0.492 e. The molecule has 1 heterocycles. The minimum absolute atomic E-state index is 0.0784. The van der Waals surface area contributed by atoms with Gasteiger partial charge in [0.25, 0.3) is 0 Å². The predicted octanol–water partition coefficient (Wildman–Crippen LogP) is 2.56. The van der Waals surface area contributed by atoms with Crippen LogP contribution in [0.15, 0.2) is 42.5 Å². The van der Waals surface area contributed by atoms with Crippen molar-refractivity contribution in [1.29, 1.82) is 0 Å². The lowest BCUT2D eigenvalue weighted by Crippen LogP contribution is -2.25. The van der Waals surface area contributed by atoms with Gasteiger partial charge in [-0.2, -0.15) is 0 Å². The van der Waals surface area contributed by atoms with Crippen LogP contribution in [0.1, 0.15) is 28.8 Å². The summed E-state index contributed by atoms with van der Waals surface area (Å²) in [6, 6.07) is 12.2. The van der Waals surface area contributed by atoms with Crippen LogP contribution in [0.25, 0.3) is 0 Å². The Morgan fingerprint density at radius 3 is 2.29 bits per heavy atom. The van der Waals surface area contributed by atoms with Crippen LogP contribution in [0.3, 0.4) is 0 Å². The number of carbonyl (C=O) groups is 1. The zero-order valence-electron chi connectivity index (χ0n) is 13.7. The molecule has 0 spiro atoms. The number of likely N-dealkylation sites (tertiary alicyclic amines) is 1. The Morgan fingerprint density at radius 1 is 0.958 bits per heavy atom. The maximum atomic E-state index is 12.5. The molecule has 24 heavy (non-hydrogen) atoms. The Labute approximate surface area is 142 Å². The van der Waals surface area contributed by atoms with E-state index in [0.29, 0.717) is 29.1 Å². The van der Waals surface area contributed by atoms with Gasteiger partial charge in [-0.05, 0) is 68.4 Å². The van der Waals surface area contributed by atoms with Gasteiger partial charge in [0.2, 0.25) is 0 Å². The number of nitrogens with two attached hydrogens (primary N) is 2. The van der Waals surface area contributed by atoms with Crippen molar-refractivity contribution in [2.45, 2.75) is 12.8 Å². The highest BCUT2D eigenvalue weighted by Gasteiger charge is 2.12. The predicted molar refractivity (Wildman–Crippen MR) is 96.3 cm³/mol. The fraction of sp³-hybridized carbons (Fsp3) is 0.316. The number of benzene rings is 2. The van der Waals surface area contributed by atoms with Crippen molar-refractivity contribution in [2.75, 3.05) is 37.7 Å². The third kappa shape index (κ3) is 3.86. The molecule has 3 rings (SSSR count). The molecule has 4 N–H and O–H groups in total. The lowest BCUT2D eigenvalue weighted by atomic mass is 10.0. The van der Waals surface area contributed by atoms with Gasteiger partial charge in [0, 0.05) is 17.7 Å². The van der Waals surface area contributed by atoms with Crippen molar-refractivity contribution >= 4 is 17.2 Å². The molecule has 0 amide bonds. The molecular weight excluding hydrogens is 302 g/mol. The summed E-state index contributed by atoms with van der Waals surface area (Å²) in [5.41, 5.74) is 13.5. The monoisotopic (exact) mass is 325 g/mol. The molecule has 1 saturated heterocycles. The van der Waals surface area contributed by atoms with Crippen molar-refractivity contribution < 1.29 is 9.53 Å². The van der Waals surface area contributed by atoms with Gasteiger partial charge in [-0.1, -0.05) is 0 Å². The van der Waals surface area contributed by atoms with Crippen LogP contribution in [0.5, 0.6) is 5.75 Å². The lowest BCUT2D eigenvalue weighted by Gasteiger charge is -2.15. The van der Waals surface area contributed by atoms with Crippen LogP contribution in [-0.2, 0) is 0 Å². The molecular formula is C19H23N3O2. The standard InChI is InChI=1S/C19H23N3O2/c20-17-8-5-15(13-18(17)21)19(23)14-3-6-16(7-4-14)24-12-11-22-9-1-2-10-22/h3-8,13H,1-2,9-12,20-21H2. The van der Waals surface area contributed by atoms with Crippen molar-refractivity contribution in [2.24, 2.45) is 0 Å². The van der Waals surface area contributed by atoms with Crippen LogP contribution in [0.2, 0.25) is 0 Å². The van der Waals surface area contributed by atoms with Gasteiger partial charge >= 0.3 is 0 Å². The van der Waals surface area contributed by atoms with Crippen molar-refractivity contribution in [3.8, 4) is 5.75 Å². The number of anilines is 2. The average molecular weight is 325 g/mol. The van der Waals surface area contributed by atoms with Crippen LogP contribution >= 0.6 is 0 Å². The molecule has 0 bridgehead atoms. The largest absolute Gasteiger partial charge is 0.492 e. The number of rotatable bonds is 6. The third-order valence-electron chi connectivity index (χ3n) is 4.34. The van der Waals surface area contributed by atoms with Crippen molar-refractivity contribution in [3.05, 3.63) is 53.6 Å². The van der Waals surface area contributed by atoms with E-state index in [9.17, 15) is 4.79 Å². The first-order valence-electron chi connectivity index (χ1n) is 8.28. The molecule has 0 unspecified atom stereocenters. The first-order valence-corrected chi connectivity index (χ1v) is 8.28. The van der Waals surface area contributed by atoms with Gasteiger partial charge in [0.15, 0.2) is 5.78 Å². The number of ether oxygens (including phenoxy) is 1. The minimum atomic E-state index is -0.0784. The Morgan fingerprint density at radius 2 is 1.62 bits per heavy atom. The van der Waals surface area contributed by atoms with Crippen molar-refractivity contribution in [1.82, 2.24) is 4.90 Å². The topological polar surface area (TPSA) is 81.6 Å². The van der Waals surface area contributed by atoms with Gasteiger partial charge < -0.3 is 16.2 Å². The Balaban J connectivity index is 1.58. The SMILES string of the molecule is Nc1ccc(C(=O)c2ccc(OCCN3CCCC3)cc2)cc1N. The Kier molecular flexibility index (Phi) is 5.01. The second-order valence-corrected chi connectivity index (χ2v) is 6.09. The summed E-state index contributed by atoms with van der Waals surface area (Å²) in [6.45, 7) is 3.95. The van der Waals surface area contributed by atoms with E-state index in [1.165, 1.54) is 25.9 Å². The third-order valence-corrected chi connectivity index (χ3v) is 4.34. The van der Waals surface area contributed by atoms with Crippen LogP contribution in [-0.4, -0.2) is 36.9 Å². The number of hydrogen-bond donors (Lipinski definition) is 2. The maximum Gasteiger partial charge on any atom is 0.193 e. The van der Waals surface area contributed by atoms with Crippen LogP contribution in [0.4, 0.5) is 11.4 Å². The zero-order valence-corrected chi connectivity index (χ0v) is 13.7. The molecule has 5 heteroatoms. The quantitative estimate of drug-likeness (QED) is 0.630. The van der Waals surface area contributed by atoms with Crippen LogP contribution in [0, 0.1) is 0 Å². The summed E-state index contributed by atoms with van der Waals surface area (Å²) in [7, 11) is 0. The molecule has 0 saturated carbocycles. The zero-order chi connectivity index (χ0) is 16.9. The number of hydrogen-bond acceptors (Lipinski definition) is 5. The molecule has 2 aromatic rings. The molecule has 0 aliphatic carbocycles. The highest BCUT2D eigenvalue weighted by atomic mass is 16.5. The summed E-state index contributed by atoms with van der Waals surface area (Å²) in [5, 5.41) is 0. The highest BCUT2D eigenvalue weighted by Crippen LogP contribution is 2.20. The van der Waals surface area contributed by atoms with E-state index in [0.717, 1.165) is 12.3 Å². The lowest BCUT2D eigenvalue weighted by molar-refractivity contribution is 0.103. The number of nitrogen functional groups attached to an aromatic ring is 2. The molecule has 1 fully saturated rings. The van der Waals surface area contributed by atoms with E-state index in [-0.39, 0.29) is 5.78 Å². The van der Waals surface area contributed by atoms with E-state index in [2.05, 4.69) is 4.90 Å².